The van der Waals surface area contributed by atoms with Crippen molar-refractivity contribution >= 4 is 17.5 Å². The normalized spacial score (nSPS) is 41.4. The summed E-state index contributed by atoms with van der Waals surface area (Å²) in [5, 5.41) is 0. The highest BCUT2D eigenvalue weighted by atomic mass is 16.5. The zero-order chi connectivity index (χ0) is 20.3. The standard InChI is InChI=1S/C24H30O4/c1-14-11-20-18-6-5-16-12-17(26)7-9-23(16,3)19(18)8-10-24(20,4)22(14)21(27)13-28-15(2)25/h7-9,12,14,18,20,22H,5-6,10-11,13H2,1-4H3/t14-,18?,20?,22?,23?,24?/m1/s1. The predicted molar refractivity (Wildman–Crippen MR) is 106 cm³/mol. The molecule has 28 heavy (non-hydrogen) atoms. The Morgan fingerprint density at radius 1 is 1.29 bits per heavy atom. The van der Waals surface area contributed by atoms with Gasteiger partial charge in [0.15, 0.2) is 11.6 Å². The topological polar surface area (TPSA) is 60.4 Å². The molecule has 6 atom stereocenters. The summed E-state index contributed by atoms with van der Waals surface area (Å²) >= 11 is 0. The van der Waals surface area contributed by atoms with E-state index in [9.17, 15) is 14.4 Å². The molecule has 4 rings (SSSR count). The van der Waals surface area contributed by atoms with Crippen molar-refractivity contribution < 1.29 is 19.1 Å². The Labute approximate surface area is 167 Å². The second kappa shape index (κ2) is 6.53. The summed E-state index contributed by atoms with van der Waals surface area (Å²) in [4.78, 5) is 36.0. The monoisotopic (exact) mass is 382 g/mol. The van der Waals surface area contributed by atoms with Crippen LogP contribution in [0, 0.1) is 34.5 Å². The van der Waals surface area contributed by atoms with Crippen LogP contribution in [0.25, 0.3) is 0 Å². The van der Waals surface area contributed by atoms with Gasteiger partial charge in [-0.05, 0) is 67.9 Å². The fourth-order valence-corrected chi connectivity index (χ4v) is 6.84. The lowest BCUT2D eigenvalue weighted by Gasteiger charge is -2.52. The van der Waals surface area contributed by atoms with Gasteiger partial charge in [0.25, 0.3) is 0 Å². The number of rotatable bonds is 3. The molecular weight excluding hydrogens is 352 g/mol. The Morgan fingerprint density at radius 2 is 2.04 bits per heavy atom. The fraction of sp³-hybridized carbons (Fsp3) is 0.625. The molecule has 0 saturated heterocycles. The van der Waals surface area contributed by atoms with E-state index >= 15 is 0 Å². The van der Waals surface area contributed by atoms with Crippen LogP contribution in [0.2, 0.25) is 0 Å². The average Bonchev–Trinajstić information content (AvgIpc) is 2.90. The van der Waals surface area contributed by atoms with Gasteiger partial charge in [-0.3, -0.25) is 14.4 Å². The summed E-state index contributed by atoms with van der Waals surface area (Å²) in [5.74, 6) is 0.894. The number of esters is 1. The molecule has 0 bridgehead atoms. The first-order valence-electron chi connectivity index (χ1n) is 10.5. The third-order valence-electron chi connectivity index (χ3n) is 8.05. The molecule has 0 aliphatic heterocycles. The quantitative estimate of drug-likeness (QED) is 0.542. The lowest BCUT2D eigenvalue weighted by atomic mass is 9.52. The maximum Gasteiger partial charge on any atom is 0.303 e. The van der Waals surface area contributed by atoms with Crippen molar-refractivity contribution in [3.05, 3.63) is 35.5 Å². The largest absolute Gasteiger partial charge is 0.458 e. The second-order valence-corrected chi connectivity index (χ2v) is 9.67. The molecule has 0 amide bonds. The molecule has 0 heterocycles. The molecular formula is C24H30O4. The van der Waals surface area contributed by atoms with E-state index in [2.05, 4.69) is 32.9 Å². The number of Topliss-reactive ketones (excluding diaryl/α,β-unsaturated/α-hetero) is 1. The highest BCUT2D eigenvalue weighted by Gasteiger charge is 2.59. The minimum atomic E-state index is -0.398. The van der Waals surface area contributed by atoms with E-state index < -0.39 is 5.97 Å². The van der Waals surface area contributed by atoms with Crippen LogP contribution >= 0.6 is 0 Å². The molecule has 4 heteroatoms. The molecule has 0 aromatic rings. The Balaban J connectivity index is 1.66. The van der Waals surface area contributed by atoms with Gasteiger partial charge in [0.1, 0.15) is 6.61 Å². The van der Waals surface area contributed by atoms with Gasteiger partial charge in [0.2, 0.25) is 0 Å². The SMILES string of the molecule is CC(=O)OCC(=O)C1[C@H](C)CC2C3CCC4=CC(=O)C=CC4(C)C3=CCC21C. The number of carbonyl (C=O) groups excluding carboxylic acids is 3. The highest BCUT2D eigenvalue weighted by Crippen LogP contribution is 2.65. The zero-order valence-corrected chi connectivity index (χ0v) is 17.3. The number of fused-ring (bicyclic) bond motifs is 5. The predicted octanol–water partition coefficient (Wildman–Crippen LogP) is 4.21. The Morgan fingerprint density at radius 3 is 2.75 bits per heavy atom. The van der Waals surface area contributed by atoms with Gasteiger partial charge in [0, 0.05) is 18.3 Å². The fourth-order valence-electron chi connectivity index (χ4n) is 6.84. The van der Waals surface area contributed by atoms with Crippen molar-refractivity contribution in [2.45, 2.75) is 53.4 Å². The summed E-state index contributed by atoms with van der Waals surface area (Å²) in [7, 11) is 0. The molecule has 5 unspecified atom stereocenters. The van der Waals surface area contributed by atoms with Crippen LogP contribution in [0.5, 0.6) is 0 Å². The number of hydrogen-bond donors (Lipinski definition) is 0. The van der Waals surface area contributed by atoms with Crippen molar-refractivity contribution in [1.82, 2.24) is 0 Å². The van der Waals surface area contributed by atoms with Crippen molar-refractivity contribution in [2.75, 3.05) is 6.61 Å². The van der Waals surface area contributed by atoms with Gasteiger partial charge in [-0.15, -0.1) is 0 Å². The molecule has 0 aromatic carbocycles. The van der Waals surface area contributed by atoms with Gasteiger partial charge in [-0.1, -0.05) is 37.1 Å². The lowest BCUT2D eigenvalue weighted by Crippen LogP contribution is -2.45. The third-order valence-corrected chi connectivity index (χ3v) is 8.05. The third kappa shape index (κ3) is 2.75. The van der Waals surface area contributed by atoms with Crippen LogP contribution in [0.15, 0.2) is 35.5 Å². The molecule has 0 N–H and O–H groups in total. The number of carbonyl (C=O) groups is 3. The minimum absolute atomic E-state index is 0.0651. The van der Waals surface area contributed by atoms with E-state index in [4.69, 9.17) is 4.74 Å². The maximum atomic E-state index is 13.0. The Bertz CT molecular complexity index is 832. The first-order valence-corrected chi connectivity index (χ1v) is 10.5. The maximum absolute atomic E-state index is 13.0. The van der Waals surface area contributed by atoms with Crippen molar-refractivity contribution in [3.8, 4) is 0 Å². The summed E-state index contributed by atoms with van der Waals surface area (Å²) < 4.78 is 5.04. The van der Waals surface area contributed by atoms with Gasteiger partial charge in [-0.2, -0.15) is 0 Å². The highest BCUT2D eigenvalue weighted by molar-refractivity contribution is 6.01. The molecule has 4 aliphatic rings. The second-order valence-electron chi connectivity index (χ2n) is 9.67. The van der Waals surface area contributed by atoms with E-state index in [1.54, 1.807) is 6.08 Å². The summed E-state index contributed by atoms with van der Waals surface area (Å²) in [6.45, 7) is 7.92. The molecule has 150 valence electrons. The van der Waals surface area contributed by atoms with E-state index in [0.29, 0.717) is 17.8 Å². The lowest BCUT2D eigenvalue weighted by molar-refractivity contribution is -0.148. The first-order chi connectivity index (χ1) is 13.2. The van der Waals surface area contributed by atoms with Crippen LogP contribution in [-0.2, 0) is 19.1 Å². The van der Waals surface area contributed by atoms with Crippen LogP contribution in [0.1, 0.15) is 53.4 Å². The molecule has 2 saturated carbocycles. The summed E-state index contributed by atoms with van der Waals surface area (Å²) in [6.07, 6.45) is 11.9. The van der Waals surface area contributed by atoms with Gasteiger partial charge >= 0.3 is 5.97 Å². The average molecular weight is 383 g/mol. The number of allylic oxidation sites excluding steroid dienone is 6. The molecule has 4 aliphatic carbocycles. The first kappa shape index (κ1) is 19.4. The smallest absolute Gasteiger partial charge is 0.303 e. The molecule has 2 fully saturated rings. The van der Waals surface area contributed by atoms with E-state index in [-0.39, 0.29) is 34.9 Å². The van der Waals surface area contributed by atoms with E-state index in [1.165, 1.54) is 18.1 Å². The van der Waals surface area contributed by atoms with Crippen molar-refractivity contribution in [1.29, 1.82) is 0 Å². The van der Waals surface area contributed by atoms with Crippen LogP contribution < -0.4 is 0 Å². The van der Waals surface area contributed by atoms with Gasteiger partial charge in [-0.25, -0.2) is 0 Å². The van der Waals surface area contributed by atoms with Gasteiger partial charge < -0.3 is 4.74 Å². The van der Waals surface area contributed by atoms with E-state index in [1.807, 2.05) is 6.08 Å². The summed E-state index contributed by atoms with van der Waals surface area (Å²) in [6, 6.07) is 0. The molecule has 4 nitrogen and oxygen atoms in total. The Kier molecular flexibility index (Phi) is 4.52. The van der Waals surface area contributed by atoms with Crippen LogP contribution in [0.4, 0.5) is 0 Å². The van der Waals surface area contributed by atoms with Crippen molar-refractivity contribution in [2.24, 2.45) is 34.5 Å². The van der Waals surface area contributed by atoms with Gasteiger partial charge in [0.05, 0.1) is 0 Å². The zero-order valence-electron chi connectivity index (χ0n) is 17.3. The molecule has 0 spiro atoms. The van der Waals surface area contributed by atoms with E-state index in [0.717, 1.165) is 25.7 Å². The molecule has 0 radical (unpaired) electrons. The number of ether oxygens (including phenoxy) is 1. The number of hydrogen-bond acceptors (Lipinski definition) is 4. The summed E-state index contributed by atoms with van der Waals surface area (Å²) in [5.41, 5.74) is 2.44. The van der Waals surface area contributed by atoms with Crippen LogP contribution in [0.3, 0.4) is 0 Å². The minimum Gasteiger partial charge on any atom is -0.458 e. The number of ketones is 2. The van der Waals surface area contributed by atoms with Crippen LogP contribution in [-0.4, -0.2) is 24.1 Å². The molecule has 0 aromatic heterocycles. The van der Waals surface area contributed by atoms with Crippen molar-refractivity contribution in [3.63, 3.8) is 0 Å². The Hall–Kier alpha value is -1.97.